The van der Waals surface area contributed by atoms with E-state index < -0.39 is 11.8 Å². The number of ether oxygens (including phenoxy) is 1. The van der Waals surface area contributed by atoms with E-state index in [0.29, 0.717) is 10.6 Å². The van der Waals surface area contributed by atoms with Gasteiger partial charge in [-0.25, -0.2) is 9.18 Å². The fraction of sp³-hybridized carbons (Fsp3) is 0.0909. The van der Waals surface area contributed by atoms with Crippen molar-refractivity contribution in [3.8, 4) is 0 Å². The molecule has 0 amide bonds. The lowest BCUT2D eigenvalue weighted by Gasteiger charge is -2.19. The molecule has 4 nitrogen and oxygen atoms in total. The Morgan fingerprint density at radius 2 is 1.43 bits per heavy atom. The zero-order chi connectivity index (χ0) is 20.3. The molecule has 0 aliphatic rings. The molecule has 0 aliphatic carbocycles. The quantitative estimate of drug-likeness (QED) is 0.435. The lowest BCUT2D eigenvalue weighted by Crippen LogP contribution is -2.10. The number of halogens is 2. The Morgan fingerprint density at radius 3 is 2.00 bits per heavy atom. The first-order chi connectivity index (χ1) is 13.4. The number of anilines is 2. The summed E-state index contributed by atoms with van der Waals surface area (Å²) in [5.41, 5.74) is 2.20. The zero-order valence-corrected chi connectivity index (χ0v) is 16.0. The van der Waals surface area contributed by atoms with Gasteiger partial charge in [0.25, 0.3) is 0 Å². The summed E-state index contributed by atoms with van der Waals surface area (Å²) in [7, 11) is 3.06. The van der Waals surface area contributed by atoms with Crippen LogP contribution >= 0.6 is 11.6 Å². The second kappa shape index (κ2) is 8.23. The van der Waals surface area contributed by atoms with Crippen LogP contribution < -0.4 is 4.90 Å². The molecule has 0 saturated heterocycles. The first kappa shape index (κ1) is 19.6. The van der Waals surface area contributed by atoms with Gasteiger partial charge in [0.05, 0.1) is 12.7 Å². The summed E-state index contributed by atoms with van der Waals surface area (Å²) >= 11 is 5.92. The van der Waals surface area contributed by atoms with Gasteiger partial charge in [0.2, 0.25) is 0 Å². The summed E-state index contributed by atoms with van der Waals surface area (Å²) in [6.45, 7) is 0. The molecule has 0 aromatic heterocycles. The number of hydrogen-bond acceptors (Lipinski definition) is 4. The van der Waals surface area contributed by atoms with Crippen LogP contribution in [-0.2, 0) is 4.74 Å². The standard InChI is InChI=1S/C22H17ClFNO3/c1-25(18-10-6-16(23)7-11-18)17-8-3-14(4-9-17)21(26)15-5-12-20(24)19(13-15)22(27)28-2/h3-13H,1-2H3. The topological polar surface area (TPSA) is 46.6 Å². The van der Waals surface area contributed by atoms with E-state index in [9.17, 15) is 14.0 Å². The molecule has 3 rings (SSSR count). The number of nitrogens with zero attached hydrogens (tertiary/aromatic N) is 1. The van der Waals surface area contributed by atoms with Gasteiger partial charge in [-0.3, -0.25) is 4.79 Å². The lowest BCUT2D eigenvalue weighted by atomic mass is 10.0. The molecule has 0 spiro atoms. The molecule has 0 heterocycles. The number of carbonyl (C=O) groups excluding carboxylic acids is 2. The SMILES string of the molecule is COC(=O)c1cc(C(=O)c2ccc(N(C)c3ccc(Cl)cc3)cc2)ccc1F. The maximum Gasteiger partial charge on any atom is 0.340 e. The van der Waals surface area contributed by atoms with Crippen molar-refractivity contribution in [2.75, 3.05) is 19.1 Å². The van der Waals surface area contributed by atoms with Gasteiger partial charge in [-0.2, -0.15) is 0 Å². The van der Waals surface area contributed by atoms with Crippen molar-refractivity contribution in [3.05, 3.63) is 94.3 Å². The fourth-order valence-electron chi connectivity index (χ4n) is 2.75. The predicted octanol–water partition coefficient (Wildman–Crippen LogP) is 5.26. The summed E-state index contributed by atoms with van der Waals surface area (Å²) in [4.78, 5) is 26.3. The third-order valence-electron chi connectivity index (χ3n) is 4.36. The summed E-state index contributed by atoms with van der Waals surface area (Å²) < 4.78 is 18.3. The molecule has 28 heavy (non-hydrogen) atoms. The molecular weight excluding hydrogens is 381 g/mol. The molecule has 3 aromatic carbocycles. The average Bonchev–Trinajstić information content (AvgIpc) is 2.73. The van der Waals surface area contributed by atoms with Crippen LogP contribution in [-0.4, -0.2) is 25.9 Å². The Labute approximate surface area is 167 Å². The van der Waals surface area contributed by atoms with Gasteiger partial charge in [-0.1, -0.05) is 11.6 Å². The Kier molecular flexibility index (Phi) is 5.76. The van der Waals surface area contributed by atoms with Crippen LogP contribution in [0.5, 0.6) is 0 Å². The maximum atomic E-state index is 13.8. The van der Waals surface area contributed by atoms with Crippen molar-refractivity contribution >= 4 is 34.7 Å². The van der Waals surface area contributed by atoms with Gasteiger partial charge in [0.15, 0.2) is 5.78 Å². The van der Waals surface area contributed by atoms with Crippen LogP contribution in [0.25, 0.3) is 0 Å². The van der Waals surface area contributed by atoms with Crippen LogP contribution in [0, 0.1) is 5.82 Å². The molecule has 0 fully saturated rings. The molecule has 142 valence electrons. The summed E-state index contributed by atoms with van der Waals surface area (Å²) in [6.07, 6.45) is 0. The van der Waals surface area contributed by atoms with Crippen LogP contribution in [0.1, 0.15) is 26.3 Å². The van der Waals surface area contributed by atoms with Crippen LogP contribution in [0.2, 0.25) is 5.02 Å². The van der Waals surface area contributed by atoms with E-state index in [1.165, 1.54) is 12.1 Å². The first-order valence-electron chi connectivity index (χ1n) is 8.42. The second-order valence-electron chi connectivity index (χ2n) is 6.10. The van der Waals surface area contributed by atoms with E-state index in [0.717, 1.165) is 24.6 Å². The van der Waals surface area contributed by atoms with Crippen molar-refractivity contribution in [1.29, 1.82) is 0 Å². The molecule has 0 aliphatic heterocycles. The van der Waals surface area contributed by atoms with Gasteiger partial charge >= 0.3 is 5.97 Å². The molecule has 0 saturated carbocycles. The number of methoxy groups -OCH3 is 1. The summed E-state index contributed by atoms with van der Waals surface area (Å²) in [6, 6.07) is 18.0. The van der Waals surface area contributed by atoms with E-state index >= 15 is 0 Å². The largest absolute Gasteiger partial charge is 0.465 e. The van der Waals surface area contributed by atoms with Crippen molar-refractivity contribution in [2.45, 2.75) is 0 Å². The number of ketones is 1. The third kappa shape index (κ3) is 4.05. The normalized spacial score (nSPS) is 10.4. The molecule has 0 N–H and O–H groups in total. The van der Waals surface area contributed by atoms with E-state index in [-0.39, 0.29) is 16.9 Å². The van der Waals surface area contributed by atoms with E-state index in [1.54, 1.807) is 24.3 Å². The Balaban J connectivity index is 1.84. The van der Waals surface area contributed by atoms with Crippen molar-refractivity contribution in [2.24, 2.45) is 0 Å². The van der Waals surface area contributed by atoms with Crippen molar-refractivity contribution < 1.29 is 18.7 Å². The zero-order valence-electron chi connectivity index (χ0n) is 15.3. The number of hydrogen-bond donors (Lipinski definition) is 0. The molecule has 0 radical (unpaired) electrons. The molecule has 3 aromatic rings. The average molecular weight is 398 g/mol. The minimum atomic E-state index is -0.827. The van der Waals surface area contributed by atoms with Crippen molar-refractivity contribution in [1.82, 2.24) is 0 Å². The van der Waals surface area contributed by atoms with E-state index in [1.807, 2.05) is 36.2 Å². The van der Waals surface area contributed by atoms with Gasteiger partial charge in [0, 0.05) is 34.6 Å². The smallest absolute Gasteiger partial charge is 0.340 e. The van der Waals surface area contributed by atoms with Crippen LogP contribution in [0.15, 0.2) is 66.7 Å². The summed E-state index contributed by atoms with van der Waals surface area (Å²) in [5.74, 6) is -1.87. The highest BCUT2D eigenvalue weighted by Crippen LogP contribution is 2.26. The molecule has 0 unspecified atom stereocenters. The van der Waals surface area contributed by atoms with Gasteiger partial charge in [-0.15, -0.1) is 0 Å². The monoisotopic (exact) mass is 397 g/mol. The second-order valence-corrected chi connectivity index (χ2v) is 6.53. The summed E-state index contributed by atoms with van der Waals surface area (Å²) in [5, 5.41) is 0.656. The molecule has 0 atom stereocenters. The van der Waals surface area contributed by atoms with Crippen LogP contribution in [0.3, 0.4) is 0 Å². The van der Waals surface area contributed by atoms with E-state index in [4.69, 9.17) is 11.6 Å². The van der Waals surface area contributed by atoms with Gasteiger partial charge < -0.3 is 9.64 Å². The first-order valence-corrected chi connectivity index (χ1v) is 8.80. The van der Waals surface area contributed by atoms with Gasteiger partial charge in [0.1, 0.15) is 5.82 Å². The lowest BCUT2D eigenvalue weighted by molar-refractivity contribution is 0.0595. The number of benzene rings is 3. The highest BCUT2D eigenvalue weighted by atomic mass is 35.5. The number of carbonyl (C=O) groups is 2. The molecule has 0 bridgehead atoms. The Hall–Kier alpha value is -3.18. The molecule has 6 heteroatoms. The third-order valence-corrected chi connectivity index (χ3v) is 4.62. The van der Waals surface area contributed by atoms with Gasteiger partial charge in [-0.05, 0) is 66.7 Å². The Morgan fingerprint density at radius 1 is 0.893 bits per heavy atom. The maximum absolute atomic E-state index is 13.8. The minimum absolute atomic E-state index is 0.209. The van der Waals surface area contributed by atoms with Crippen molar-refractivity contribution in [3.63, 3.8) is 0 Å². The number of esters is 1. The fourth-order valence-corrected chi connectivity index (χ4v) is 2.88. The highest BCUT2D eigenvalue weighted by molar-refractivity contribution is 6.30. The minimum Gasteiger partial charge on any atom is -0.465 e. The molecular formula is C22H17ClFNO3. The predicted molar refractivity (Wildman–Crippen MR) is 107 cm³/mol. The van der Waals surface area contributed by atoms with E-state index in [2.05, 4.69) is 4.74 Å². The van der Waals surface area contributed by atoms with Crippen LogP contribution in [0.4, 0.5) is 15.8 Å². The highest BCUT2D eigenvalue weighted by Gasteiger charge is 2.17. The Bertz CT molecular complexity index is 1020. The number of rotatable bonds is 5.